The van der Waals surface area contributed by atoms with Crippen molar-refractivity contribution >= 4 is 28.6 Å². The number of thiazole rings is 1. The van der Waals surface area contributed by atoms with Crippen LogP contribution in [-0.2, 0) is 24.2 Å². The van der Waals surface area contributed by atoms with Gasteiger partial charge in [-0.3, -0.25) is 4.79 Å². The first-order chi connectivity index (χ1) is 14.7. The third kappa shape index (κ3) is 5.70. The van der Waals surface area contributed by atoms with E-state index in [1.807, 2.05) is 24.4 Å². The number of thiophene rings is 1. The maximum Gasteiger partial charge on any atom is 0.229 e. The summed E-state index contributed by atoms with van der Waals surface area (Å²) in [6.45, 7) is 3.28. The lowest BCUT2D eigenvalue weighted by molar-refractivity contribution is -0.133. The second-order valence-electron chi connectivity index (χ2n) is 7.82. The molecule has 1 aliphatic carbocycles. The fraction of sp³-hybridized carbons (Fsp3) is 0.417. The van der Waals surface area contributed by atoms with Gasteiger partial charge in [0.25, 0.3) is 0 Å². The molecule has 4 nitrogen and oxygen atoms in total. The standard InChI is InChI=1S/C24H28N2O2S2/c1-18-25-20(17-30-18)15-24(27)26(21-7-2-3-8-21)16-19-6-4-9-22(14-19)28-12-11-23-10-5-13-29-23/h4-6,9-10,13-14,17,21H,2-3,7-8,11-12,15-16H2,1H3. The van der Waals surface area contributed by atoms with Crippen molar-refractivity contribution in [3.63, 3.8) is 0 Å². The van der Waals surface area contributed by atoms with Gasteiger partial charge in [0, 0.05) is 29.3 Å². The minimum Gasteiger partial charge on any atom is -0.493 e. The number of amides is 1. The Bertz CT molecular complexity index is 946. The number of hydrogen-bond donors (Lipinski definition) is 0. The second kappa shape index (κ2) is 10.2. The smallest absolute Gasteiger partial charge is 0.229 e. The highest BCUT2D eigenvalue weighted by atomic mass is 32.1. The van der Waals surface area contributed by atoms with Crippen LogP contribution in [0.25, 0.3) is 0 Å². The molecule has 0 spiro atoms. The molecule has 1 amide bonds. The van der Waals surface area contributed by atoms with Crippen LogP contribution in [0.2, 0.25) is 0 Å². The van der Waals surface area contributed by atoms with Gasteiger partial charge in [-0.15, -0.1) is 22.7 Å². The van der Waals surface area contributed by atoms with Crippen LogP contribution in [0.15, 0.2) is 47.2 Å². The van der Waals surface area contributed by atoms with E-state index in [2.05, 4.69) is 39.5 Å². The Kier molecular flexibility index (Phi) is 7.18. The van der Waals surface area contributed by atoms with E-state index < -0.39 is 0 Å². The van der Waals surface area contributed by atoms with Crippen LogP contribution in [0.3, 0.4) is 0 Å². The first kappa shape index (κ1) is 21.1. The summed E-state index contributed by atoms with van der Waals surface area (Å²) in [5.41, 5.74) is 2.01. The van der Waals surface area contributed by atoms with Crippen LogP contribution < -0.4 is 4.74 Å². The summed E-state index contributed by atoms with van der Waals surface area (Å²) >= 11 is 3.37. The van der Waals surface area contributed by atoms with E-state index in [0.717, 1.165) is 41.3 Å². The molecule has 158 valence electrons. The molecule has 1 fully saturated rings. The van der Waals surface area contributed by atoms with E-state index in [1.54, 1.807) is 22.7 Å². The predicted octanol–water partition coefficient (Wildman–Crippen LogP) is 5.65. The van der Waals surface area contributed by atoms with E-state index in [-0.39, 0.29) is 5.91 Å². The van der Waals surface area contributed by atoms with E-state index in [4.69, 9.17) is 4.74 Å². The van der Waals surface area contributed by atoms with Crippen molar-refractivity contribution in [2.75, 3.05) is 6.61 Å². The zero-order valence-electron chi connectivity index (χ0n) is 17.4. The molecular formula is C24H28N2O2S2. The second-order valence-corrected chi connectivity index (χ2v) is 9.91. The van der Waals surface area contributed by atoms with E-state index in [1.165, 1.54) is 17.7 Å². The largest absolute Gasteiger partial charge is 0.493 e. The molecular weight excluding hydrogens is 412 g/mol. The summed E-state index contributed by atoms with van der Waals surface area (Å²) in [7, 11) is 0. The first-order valence-corrected chi connectivity index (χ1v) is 12.4. The Balaban J connectivity index is 1.40. The Morgan fingerprint density at radius 2 is 2.07 bits per heavy atom. The quantitative estimate of drug-likeness (QED) is 0.432. The maximum absolute atomic E-state index is 13.2. The summed E-state index contributed by atoms with van der Waals surface area (Å²) in [6.07, 6.45) is 5.91. The summed E-state index contributed by atoms with van der Waals surface area (Å²) in [5.74, 6) is 1.05. The van der Waals surface area contributed by atoms with E-state index >= 15 is 0 Å². The lowest BCUT2D eigenvalue weighted by Crippen LogP contribution is -2.39. The monoisotopic (exact) mass is 440 g/mol. The number of nitrogens with zero attached hydrogens (tertiary/aromatic N) is 2. The summed E-state index contributed by atoms with van der Waals surface area (Å²) in [6, 6.07) is 12.7. The molecule has 1 saturated carbocycles. The third-order valence-corrected chi connectivity index (χ3v) is 7.29. The number of hydrogen-bond acceptors (Lipinski definition) is 5. The van der Waals surface area contributed by atoms with Crippen molar-refractivity contribution < 1.29 is 9.53 Å². The van der Waals surface area contributed by atoms with Crippen LogP contribution in [-0.4, -0.2) is 28.4 Å². The van der Waals surface area contributed by atoms with Gasteiger partial charge in [-0.1, -0.05) is 31.0 Å². The molecule has 0 saturated heterocycles. The Labute approximate surface area is 186 Å². The molecule has 3 aromatic rings. The van der Waals surface area contributed by atoms with Gasteiger partial charge in [0.05, 0.1) is 23.7 Å². The van der Waals surface area contributed by atoms with Crippen molar-refractivity contribution in [2.45, 2.75) is 58.0 Å². The molecule has 1 aliphatic rings. The molecule has 0 atom stereocenters. The maximum atomic E-state index is 13.2. The molecule has 30 heavy (non-hydrogen) atoms. The van der Waals surface area contributed by atoms with Crippen molar-refractivity contribution in [3.8, 4) is 5.75 Å². The average molecular weight is 441 g/mol. The highest BCUT2D eigenvalue weighted by Crippen LogP contribution is 2.27. The number of rotatable bonds is 9. The number of benzene rings is 1. The zero-order valence-corrected chi connectivity index (χ0v) is 19.0. The van der Waals surface area contributed by atoms with Crippen LogP contribution in [0.1, 0.15) is 46.8 Å². The SMILES string of the molecule is Cc1nc(CC(=O)N(Cc2cccc(OCCc3cccs3)c2)C2CCCC2)cs1. The van der Waals surface area contributed by atoms with Gasteiger partial charge in [-0.25, -0.2) is 4.98 Å². The normalized spacial score (nSPS) is 14.2. The number of carbonyl (C=O) groups excluding carboxylic acids is 1. The van der Waals surface area contributed by atoms with Crippen molar-refractivity contribution in [1.82, 2.24) is 9.88 Å². The lowest BCUT2D eigenvalue weighted by Gasteiger charge is -2.29. The number of carbonyl (C=O) groups is 1. The molecule has 0 N–H and O–H groups in total. The van der Waals surface area contributed by atoms with Gasteiger partial charge in [0.1, 0.15) is 5.75 Å². The van der Waals surface area contributed by atoms with Gasteiger partial charge in [-0.05, 0) is 48.9 Å². The molecule has 4 rings (SSSR count). The number of ether oxygens (including phenoxy) is 1. The fourth-order valence-electron chi connectivity index (χ4n) is 4.04. The molecule has 2 aromatic heterocycles. The van der Waals surface area contributed by atoms with Crippen LogP contribution in [0, 0.1) is 6.92 Å². The molecule has 0 aliphatic heterocycles. The molecule has 6 heteroatoms. The van der Waals surface area contributed by atoms with Crippen molar-refractivity contribution in [1.29, 1.82) is 0 Å². The molecule has 0 bridgehead atoms. The minimum atomic E-state index is 0.177. The summed E-state index contributed by atoms with van der Waals surface area (Å²) < 4.78 is 5.98. The summed E-state index contributed by atoms with van der Waals surface area (Å²) in [4.78, 5) is 21.1. The van der Waals surface area contributed by atoms with Crippen LogP contribution in [0.4, 0.5) is 0 Å². The van der Waals surface area contributed by atoms with Crippen molar-refractivity contribution in [2.24, 2.45) is 0 Å². The van der Waals surface area contributed by atoms with Gasteiger partial charge < -0.3 is 9.64 Å². The van der Waals surface area contributed by atoms with Gasteiger partial charge in [0.2, 0.25) is 5.91 Å². The van der Waals surface area contributed by atoms with Gasteiger partial charge >= 0.3 is 0 Å². The fourth-order valence-corrected chi connectivity index (χ4v) is 5.34. The molecule has 1 aromatic carbocycles. The van der Waals surface area contributed by atoms with Crippen molar-refractivity contribution in [3.05, 3.63) is 68.3 Å². The van der Waals surface area contributed by atoms with E-state index in [9.17, 15) is 4.79 Å². The molecule has 2 heterocycles. The Hall–Kier alpha value is -2.18. The number of aromatic nitrogens is 1. The number of aryl methyl sites for hydroxylation is 1. The van der Waals surface area contributed by atoms with Crippen LogP contribution >= 0.6 is 22.7 Å². The predicted molar refractivity (Wildman–Crippen MR) is 123 cm³/mol. The minimum absolute atomic E-state index is 0.177. The molecule has 0 radical (unpaired) electrons. The Morgan fingerprint density at radius 3 is 2.80 bits per heavy atom. The highest BCUT2D eigenvalue weighted by Gasteiger charge is 2.27. The van der Waals surface area contributed by atoms with Gasteiger partial charge in [0.15, 0.2) is 0 Å². The zero-order chi connectivity index (χ0) is 20.8. The Morgan fingerprint density at radius 1 is 1.20 bits per heavy atom. The summed E-state index contributed by atoms with van der Waals surface area (Å²) in [5, 5.41) is 5.11. The van der Waals surface area contributed by atoms with E-state index in [0.29, 0.717) is 25.6 Å². The van der Waals surface area contributed by atoms with Crippen LogP contribution in [0.5, 0.6) is 5.75 Å². The third-order valence-electron chi connectivity index (χ3n) is 5.53. The molecule has 0 unspecified atom stereocenters. The van der Waals surface area contributed by atoms with Gasteiger partial charge in [-0.2, -0.15) is 0 Å². The first-order valence-electron chi connectivity index (χ1n) is 10.6. The average Bonchev–Trinajstić information content (AvgIpc) is 3.50. The highest BCUT2D eigenvalue weighted by molar-refractivity contribution is 7.10. The lowest BCUT2D eigenvalue weighted by atomic mass is 10.1. The topological polar surface area (TPSA) is 42.4 Å².